The van der Waals surface area contributed by atoms with Crippen molar-refractivity contribution >= 4 is 17.5 Å². The van der Waals surface area contributed by atoms with Gasteiger partial charge in [0.2, 0.25) is 11.8 Å². The molecule has 3 rings (SSSR count). The average molecular weight is 308 g/mol. The van der Waals surface area contributed by atoms with Gasteiger partial charge in [0.15, 0.2) is 0 Å². The first-order chi connectivity index (χ1) is 10.6. The lowest BCUT2D eigenvalue weighted by atomic mass is 10.1. The summed E-state index contributed by atoms with van der Waals surface area (Å²) in [5, 5.41) is 2.44. The maximum absolute atomic E-state index is 13.5. The molecule has 22 heavy (non-hydrogen) atoms. The average Bonchev–Trinajstić information content (AvgIpc) is 3.31. The van der Waals surface area contributed by atoms with Crippen LogP contribution in [0.3, 0.4) is 0 Å². The minimum Gasteiger partial charge on any atom is -0.342 e. The number of likely N-dealkylation sites (tertiary alicyclic amines) is 1. The number of carbonyl (C=O) groups excluding carboxylic acids is 2. The molecule has 0 bridgehead atoms. The first-order valence-corrected chi connectivity index (χ1v) is 7.61. The van der Waals surface area contributed by atoms with Crippen LogP contribution in [-0.2, 0) is 9.59 Å². The molecule has 1 heterocycles. The highest BCUT2D eigenvalue weighted by atomic mass is 19.1. The van der Waals surface area contributed by atoms with E-state index >= 15 is 0 Å². The van der Waals surface area contributed by atoms with Crippen molar-refractivity contribution in [1.82, 2.24) is 4.90 Å². The van der Waals surface area contributed by atoms with Crippen molar-refractivity contribution in [2.75, 3.05) is 18.4 Å². The highest BCUT2D eigenvalue weighted by Gasteiger charge is 2.49. The number of rotatable bonds is 3. The first kappa shape index (κ1) is 14.9. The molecule has 2 amide bonds. The zero-order valence-corrected chi connectivity index (χ0v) is 12.1. The Balaban J connectivity index is 1.57. The van der Waals surface area contributed by atoms with Gasteiger partial charge in [-0.2, -0.15) is 0 Å². The van der Waals surface area contributed by atoms with Crippen LogP contribution in [0.2, 0.25) is 0 Å². The second kappa shape index (κ2) is 6.02. The predicted octanol–water partition coefficient (Wildman–Crippen LogP) is 2.55. The largest absolute Gasteiger partial charge is 0.342 e. The maximum atomic E-state index is 13.5. The lowest BCUT2D eigenvalue weighted by Gasteiger charge is -2.26. The highest BCUT2D eigenvalue weighted by molar-refractivity contribution is 5.99. The number of piperidine rings is 1. The van der Waals surface area contributed by atoms with Crippen molar-refractivity contribution in [3.8, 4) is 0 Å². The third-order valence-electron chi connectivity index (χ3n) is 4.30. The summed E-state index contributed by atoms with van der Waals surface area (Å²) in [4.78, 5) is 26.1. The Morgan fingerprint density at radius 2 is 1.82 bits per heavy atom. The lowest BCUT2D eigenvalue weighted by molar-refractivity contribution is -0.134. The van der Waals surface area contributed by atoms with Crippen molar-refractivity contribution in [2.24, 2.45) is 11.8 Å². The third kappa shape index (κ3) is 3.10. The fourth-order valence-electron chi connectivity index (χ4n) is 2.92. The molecular weight excluding hydrogens is 290 g/mol. The monoisotopic (exact) mass is 308 g/mol. The van der Waals surface area contributed by atoms with Crippen molar-refractivity contribution in [1.29, 1.82) is 0 Å². The van der Waals surface area contributed by atoms with Crippen LogP contribution in [0.4, 0.5) is 14.5 Å². The number of amides is 2. The minimum absolute atomic E-state index is 0.0272. The molecule has 2 unspecified atom stereocenters. The van der Waals surface area contributed by atoms with E-state index in [1.54, 1.807) is 0 Å². The molecule has 1 aromatic rings. The van der Waals surface area contributed by atoms with Gasteiger partial charge in [-0.1, -0.05) is 0 Å². The van der Waals surface area contributed by atoms with E-state index in [-0.39, 0.29) is 23.4 Å². The van der Waals surface area contributed by atoms with Gasteiger partial charge in [0, 0.05) is 19.2 Å². The van der Waals surface area contributed by atoms with E-state index in [4.69, 9.17) is 0 Å². The van der Waals surface area contributed by atoms with Crippen LogP contribution in [0, 0.1) is 23.5 Å². The van der Waals surface area contributed by atoms with Crippen LogP contribution in [-0.4, -0.2) is 29.8 Å². The van der Waals surface area contributed by atoms with Crippen LogP contribution in [0.1, 0.15) is 25.7 Å². The predicted molar refractivity (Wildman–Crippen MR) is 77.0 cm³/mol. The molecule has 2 aliphatic rings. The Morgan fingerprint density at radius 1 is 1.09 bits per heavy atom. The fraction of sp³-hybridized carbons (Fsp3) is 0.500. The standard InChI is InChI=1S/C16H18F2N2O2/c17-10-4-5-14(13(18)8-10)19-15(21)11-9-12(11)16(22)20-6-2-1-3-7-20/h4-5,8,11-12H,1-3,6-7,9H2,(H,19,21). The van der Waals surface area contributed by atoms with Crippen LogP contribution in [0.25, 0.3) is 0 Å². The molecule has 0 spiro atoms. The van der Waals surface area contributed by atoms with Gasteiger partial charge in [-0.3, -0.25) is 9.59 Å². The Labute approximate surface area is 127 Å². The minimum atomic E-state index is -0.812. The normalized spacial score (nSPS) is 24.0. The Hall–Kier alpha value is -1.98. The number of anilines is 1. The number of halogens is 2. The van der Waals surface area contributed by atoms with Crippen LogP contribution in [0.5, 0.6) is 0 Å². The number of nitrogens with one attached hydrogen (secondary N) is 1. The molecule has 1 N–H and O–H groups in total. The summed E-state index contributed by atoms with van der Waals surface area (Å²) in [6.07, 6.45) is 3.67. The summed E-state index contributed by atoms with van der Waals surface area (Å²) in [6, 6.07) is 2.99. The van der Waals surface area contributed by atoms with Crippen molar-refractivity contribution in [2.45, 2.75) is 25.7 Å². The van der Waals surface area contributed by atoms with E-state index in [1.165, 1.54) is 6.07 Å². The number of benzene rings is 1. The van der Waals surface area contributed by atoms with Gasteiger partial charge >= 0.3 is 0 Å². The van der Waals surface area contributed by atoms with Gasteiger partial charge in [-0.25, -0.2) is 8.78 Å². The summed E-state index contributed by atoms with van der Waals surface area (Å²) < 4.78 is 26.3. The van der Waals surface area contributed by atoms with E-state index < -0.39 is 17.6 Å². The SMILES string of the molecule is O=C(Nc1ccc(F)cc1F)C1CC1C(=O)N1CCCCC1. The van der Waals surface area contributed by atoms with E-state index in [0.717, 1.165) is 44.5 Å². The topological polar surface area (TPSA) is 49.4 Å². The summed E-state index contributed by atoms with van der Waals surface area (Å²) >= 11 is 0. The summed E-state index contributed by atoms with van der Waals surface area (Å²) in [5.41, 5.74) is -0.0533. The van der Waals surface area contributed by atoms with Gasteiger partial charge in [0.05, 0.1) is 17.5 Å². The molecular formula is C16H18F2N2O2. The van der Waals surface area contributed by atoms with E-state index in [1.807, 2.05) is 4.90 Å². The van der Waals surface area contributed by atoms with Crippen LogP contribution >= 0.6 is 0 Å². The van der Waals surface area contributed by atoms with Gasteiger partial charge < -0.3 is 10.2 Å². The summed E-state index contributed by atoms with van der Waals surface area (Å²) in [5.74, 6) is -2.55. The Kier molecular flexibility index (Phi) is 4.09. The van der Waals surface area contributed by atoms with E-state index in [0.29, 0.717) is 6.42 Å². The Bertz CT molecular complexity index is 600. The highest BCUT2D eigenvalue weighted by Crippen LogP contribution is 2.41. The van der Waals surface area contributed by atoms with Crippen molar-refractivity contribution in [3.63, 3.8) is 0 Å². The molecule has 2 fully saturated rings. The zero-order valence-electron chi connectivity index (χ0n) is 12.1. The van der Waals surface area contributed by atoms with Gasteiger partial charge in [0.25, 0.3) is 0 Å². The molecule has 2 atom stereocenters. The molecule has 6 heteroatoms. The molecule has 1 aromatic carbocycles. The van der Waals surface area contributed by atoms with E-state index in [2.05, 4.69) is 5.32 Å². The fourth-order valence-corrected chi connectivity index (χ4v) is 2.92. The molecule has 1 aliphatic heterocycles. The first-order valence-electron chi connectivity index (χ1n) is 7.61. The van der Waals surface area contributed by atoms with Gasteiger partial charge in [-0.15, -0.1) is 0 Å². The third-order valence-corrected chi connectivity index (χ3v) is 4.30. The second-order valence-corrected chi connectivity index (χ2v) is 5.95. The molecule has 4 nitrogen and oxygen atoms in total. The molecule has 0 radical (unpaired) electrons. The Morgan fingerprint density at radius 3 is 2.50 bits per heavy atom. The smallest absolute Gasteiger partial charge is 0.228 e. The molecule has 1 aliphatic carbocycles. The van der Waals surface area contributed by atoms with Crippen LogP contribution in [0.15, 0.2) is 18.2 Å². The number of nitrogens with zero attached hydrogens (tertiary/aromatic N) is 1. The molecule has 0 aromatic heterocycles. The molecule has 1 saturated carbocycles. The van der Waals surface area contributed by atoms with Crippen molar-refractivity contribution in [3.05, 3.63) is 29.8 Å². The molecule has 1 saturated heterocycles. The van der Waals surface area contributed by atoms with Crippen LogP contribution < -0.4 is 5.32 Å². The lowest BCUT2D eigenvalue weighted by Crippen LogP contribution is -2.37. The number of hydrogen-bond donors (Lipinski definition) is 1. The van der Waals surface area contributed by atoms with Gasteiger partial charge in [-0.05, 0) is 37.8 Å². The van der Waals surface area contributed by atoms with Gasteiger partial charge in [0.1, 0.15) is 11.6 Å². The summed E-state index contributed by atoms with van der Waals surface area (Å²) in [6.45, 7) is 1.52. The second-order valence-electron chi connectivity index (χ2n) is 5.95. The maximum Gasteiger partial charge on any atom is 0.228 e. The number of carbonyl (C=O) groups is 2. The quantitative estimate of drug-likeness (QED) is 0.933. The summed E-state index contributed by atoms with van der Waals surface area (Å²) in [7, 11) is 0. The zero-order chi connectivity index (χ0) is 15.7. The molecule has 118 valence electrons. The van der Waals surface area contributed by atoms with Crippen molar-refractivity contribution < 1.29 is 18.4 Å². The van der Waals surface area contributed by atoms with E-state index in [9.17, 15) is 18.4 Å². The number of hydrogen-bond acceptors (Lipinski definition) is 2.